The van der Waals surface area contributed by atoms with Crippen molar-refractivity contribution >= 4 is 11.6 Å². The van der Waals surface area contributed by atoms with Crippen molar-refractivity contribution in [2.45, 2.75) is 6.54 Å². The average Bonchev–Trinajstić information content (AvgIpc) is 3.17. The van der Waals surface area contributed by atoms with Crippen LogP contribution in [0.2, 0.25) is 0 Å². The Morgan fingerprint density at radius 2 is 1.62 bits per heavy atom. The molecule has 0 spiro atoms. The van der Waals surface area contributed by atoms with Crippen LogP contribution in [0.5, 0.6) is 0 Å². The molecule has 142 valence electrons. The van der Waals surface area contributed by atoms with Crippen molar-refractivity contribution < 1.29 is 13.6 Å². The monoisotopic (exact) mass is 387 g/mol. The van der Waals surface area contributed by atoms with Crippen molar-refractivity contribution in [3.63, 3.8) is 0 Å². The van der Waals surface area contributed by atoms with Gasteiger partial charge in [-0.3, -0.25) is 9.36 Å². The second kappa shape index (κ2) is 6.67. The largest absolute Gasteiger partial charge is 0.300 e. The Bertz CT molecular complexity index is 1230. The van der Waals surface area contributed by atoms with Gasteiger partial charge in [-0.1, -0.05) is 18.2 Å². The minimum atomic E-state index is -0.460. The maximum atomic E-state index is 13.7. The second-order valence-corrected chi connectivity index (χ2v) is 6.81. The molecular formula is C23H15F2N3O. The molecule has 0 unspecified atom stereocenters. The number of hydrogen-bond donors (Lipinski definition) is 0. The highest BCUT2D eigenvalue weighted by Crippen LogP contribution is 2.36. The molecule has 0 atom stereocenters. The first-order chi connectivity index (χ1) is 14.1. The summed E-state index contributed by atoms with van der Waals surface area (Å²) in [6.07, 6.45) is 1.71. The van der Waals surface area contributed by atoms with E-state index in [-0.39, 0.29) is 23.8 Å². The Labute approximate surface area is 165 Å². The number of benzene rings is 3. The SMILES string of the molecule is O=C(c1cccc(F)c1)N1Cc2c(-c3ccc(F)cc3)ncn2-c2ccccc21. The maximum Gasteiger partial charge on any atom is 0.258 e. The van der Waals surface area contributed by atoms with E-state index in [0.717, 1.165) is 22.6 Å². The Balaban J connectivity index is 1.64. The fourth-order valence-corrected chi connectivity index (χ4v) is 3.67. The molecule has 0 fully saturated rings. The fourth-order valence-electron chi connectivity index (χ4n) is 3.67. The van der Waals surface area contributed by atoms with Gasteiger partial charge in [0.1, 0.15) is 18.0 Å². The number of carbonyl (C=O) groups excluding carboxylic acids is 1. The zero-order valence-electron chi connectivity index (χ0n) is 15.2. The third kappa shape index (κ3) is 2.89. The molecule has 0 radical (unpaired) electrons. The maximum absolute atomic E-state index is 13.7. The molecule has 0 saturated heterocycles. The van der Waals surface area contributed by atoms with Gasteiger partial charge in [0.25, 0.3) is 5.91 Å². The van der Waals surface area contributed by atoms with Crippen LogP contribution in [0, 0.1) is 11.6 Å². The van der Waals surface area contributed by atoms with E-state index in [1.54, 1.807) is 29.4 Å². The van der Waals surface area contributed by atoms with Crippen molar-refractivity contribution in [3.05, 3.63) is 102 Å². The van der Waals surface area contributed by atoms with Gasteiger partial charge in [-0.15, -0.1) is 0 Å². The predicted molar refractivity (Wildman–Crippen MR) is 106 cm³/mol. The molecule has 3 aromatic carbocycles. The van der Waals surface area contributed by atoms with Gasteiger partial charge < -0.3 is 4.90 Å². The molecule has 1 amide bonds. The van der Waals surface area contributed by atoms with E-state index < -0.39 is 5.82 Å². The lowest BCUT2D eigenvalue weighted by Crippen LogP contribution is -2.35. The summed E-state index contributed by atoms with van der Waals surface area (Å²) in [4.78, 5) is 19.4. The number of hydrogen-bond acceptors (Lipinski definition) is 2. The summed E-state index contributed by atoms with van der Waals surface area (Å²) in [5.74, 6) is -1.08. The van der Waals surface area contributed by atoms with Crippen molar-refractivity contribution in [1.82, 2.24) is 9.55 Å². The van der Waals surface area contributed by atoms with Crippen LogP contribution < -0.4 is 4.90 Å². The zero-order valence-corrected chi connectivity index (χ0v) is 15.2. The zero-order chi connectivity index (χ0) is 20.0. The number of carbonyl (C=O) groups is 1. The van der Waals surface area contributed by atoms with Crippen LogP contribution in [-0.2, 0) is 6.54 Å². The summed E-state index contributed by atoms with van der Waals surface area (Å²) in [5.41, 5.74) is 4.04. The summed E-state index contributed by atoms with van der Waals surface area (Å²) in [7, 11) is 0. The first-order valence-electron chi connectivity index (χ1n) is 9.11. The van der Waals surface area contributed by atoms with Gasteiger partial charge in [0.05, 0.1) is 29.3 Å². The Kier molecular flexibility index (Phi) is 3.98. The molecule has 29 heavy (non-hydrogen) atoms. The minimum Gasteiger partial charge on any atom is -0.300 e. The molecule has 0 aliphatic carbocycles. The molecule has 1 aliphatic heterocycles. The Morgan fingerprint density at radius 3 is 2.38 bits per heavy atom. The first-order valence-corrected chi connectivity index (χ1v) is 9.11. The average molecular weight is 387 g/mol. The van der Waals surface area contributed by atoms with Crippen LogP contribution in [0.15, 0.2) is 79.1 Å². The summed E-state index contributed by atoms with van der Waals surface area (Å²) < 4.78 is 29.0. The number of anilines is 1. The van der Waals surface area contributed by atoms with Crippen molar-refractivity contribution in [2.24, 2.45) is 0 Å². The van der Waals surface area contributed by atoms with Crippen LogP contribution >= 0.6 is 0 Å². The highest BCUT2D eigenvalue weighted by atomic mass is 19.1. The lowest BCUT2D eigenvalue weighted by Gasteiger charge is -2.31. The van der Waals surface area contributed by atoms with Crippen LogP contribution in [0.3, 0.4) is 0 Å². The van der Waals surface area contributed by atoms with Gasteiger partial charge in [0.15, 0.2) is 0 Å². The molecule has 5 rings (SSSR count). The summed E-state index contributed by atoms with van der Waals surface area (Å²) in [6, 6.07) is 19.3. The molecule has 1 aliphatic rings. The number of halogens is 2. The Morgan fingerprint density at radius 1 is 0.862 bits per heavy atom. The highest BCUT2D eigenvalue weighted by molar-refractivity contribution is 6.07. The van der Waals surface area contributed by atoms with Gasteiger partial charge in [-0.05, 0) is 54.6 Å². The molecule has 2 heterocycles. The molecular weight excluding hydrogens is 372 g/mol. The van der Waals surface area contributed by atoms with Crippen molar-refractivity contribution in [3.8, 4) is 16.9 Å². The summed E-state index contributed by atoms with van der Waals surface area (Å²) in [5, 5.41) is 0. The first kappa shape index (κ1) is 17.3. The molecule has 6 heteroatoms. The molecule has 1 aromatic heterocycles. The molecule has 4 aromatic rings. The van der Waals surface area contributed by atoms with E-state index in [1.807, 2.05) is 28.8 Å². The number of nitrogens with zero attached hydrogens (tertiary/aromatic N) is 3. The van der Waals surface area contributed by atoms with Gasteiger partial charge in [-0.25, -0.2) is 13.8 Å². The number of rotatable bonds is 2. The number of amides is 1. The normalized spacial score (nSPS) is 12.4. The van der Waals surface area contributed by atoms with E-state index in [4.69, 9.17) is 0 Å². The lowest BCUT2D eigenvalue weighted by molar-refractivity contribution is 0.0983. The lowest BCUT2D eigenvalue weighted by atomic mass is 10.1. The van der Waals surface area contributed by atoms with E-state index in [1.165, 1.54) is 30.3 Å². The van der Waals surface area contributed by atoms with Gasteiger partial charge >= 0.3 is 0 Å². The summed E-state index contributed by atoms with van der Waals surface area (Å²) in [6.45, 7) is 0.263. The van der Waals surface area contributed by atoms with Crippen LogP contribution in [0.1, 0.15) is 16.1 Å². The van der Waals surface area contributed by atoms with E-state index in [0.29, 0.717) is 5.69 Å². The van der Waals surface area contributed by atoms with Crippen LogP contribution in [-0.4, -0.2) is 15.5 Å². The highest BCUT2D eigenvalue weighted by Gasteiger charge is 2.29. The van der Waals surface area contributed by atoms with Gasteiger partial charge in [0, 0.05) is 11.1 Å². The van der Waals surface area contributed by atoms with E-state index in [9.17, 15) is 13.6 Å². The number of imidazole rings is 1. The minimum absolute atomic E-state index is 0.263. The topological polar surface area (TPSA) is 38.1 Å². The molecule has 0 N–H and O–H groups in total. The third-order valence-corrected chi connectivity index (χ3v) is 5.04. The van der Waals surface area contributed by atoms with Gasteiger partial charge in [-0.2, -0.15) is 0 Å². The van der Waals surface area contributed by atoms with Crippen molar-refractivity contribution in [1.29, 1.82) is 0 Å². The van der Waals surface area contributed by atoms with E-state index >= 15 is 0 Å². The standard InChI is InChI=1S/C23H15F2N3O/c24-17-10-8-15(9-11-17)22-21-13-27(23(29)16-4-3-5-18(25)12-16)19-6-1-2-7-20(19)28(21)14-26-22/h1-12,14H,13H2. The molecule has 0 bridgehead atoms. The predicted octanol–water partition coefficient (Wildman–Crippen LogP) is 4.98. The second-order valence-electron chi connectivity index (χ2n) is 6.81. The molecule has 4 nitrogen and oxygen atoms in total. The van der Waals surface area contributed by atoms with Crippen LogP contribution in [0.4, 0.5) is 14.5 Å². The van der Waals surface area contributed by atoms with Crippen LogP contribution in [0.25, 0.3) is 16.9 Å². The number of fused-ring (bicyclic) bond motifs is 3. The smallest absolute Gasteiger partial charge is 0.258 e. The number of para-hydroxylation sites is 2. The Hall–Kier alpha value is -3.80. The van der Waals surface area contributed by atoms with Crippen molar-refractivity contribution in [2.75, 3.05) is 4.90 Å². The number of aromatic nitrogens is 2. The fraction of sp³-hybridized carbons (Fsp3) is 0.0435. The quantitative estimate of drug-likeness (QED) is 0.487. The molecule has 0 saturated carbocycles. The third-order valence-electron chi connectivity index (χ3n) is 5.04. The summed E-state index contributed by atoms with van der Waals surface area (Å²) >= 11 is 0. The van der Waals surface area contributed by atoms with E-state index in [2.05, 4.69) is 4.98 Å². The van der Waals surface area contributed by atoms with Gasteiger partial charge in [0.2, 0.25) is 0 Å².